The van der Waals surface area contributed by atoms with Crippen LogP contribution in [0.2, 0.25) is 0 Å². The number of hydrogen-bond donors (Lipinski definition) is 2. The van der Waals surface area contributed by atoms with Crippen molar-refractivity contribution >= 4 is 28.7 Å². The summed E-state index contributed by atoms with van der Waals surface area (Å²) in [6.45, 7) is 9.65. The van der Waals surface area contributed by atoms with E-state index in [0.29, 0.717) is 12.3 Å². The van der Waals surface area contributed by atoms with Gasteiger partial charge in [0, 0.05) is 35.5 Å². The summed E-state index contributed by atoms with van der Waals surface area (Å²) in [4.78, 5) is 44.4. The smallest absolute Gasteiger partial charge is 0.306 e. The number of fused-ring (bicyclic) bond motifs is 4. The van der Waals surface area contributed by atoms with Gasteiger partial charge in [-0.15, -0.1) is 0 Å². The molecule has 0 spiro atoms. The third-order valence-electron chi connectivity index (χ3n) is 6.47. The van der Waals surface area contributed by atoms with Crippen LogP contribution in [0, 0.1) is 5.92 Å². The maximum Gasteiger partial charge on any atom is 0.306 e. The molecule has 2 N–H and O–H groups in total. The van der Waals surface area contributed by atoms with Crippen LogP contribution in [0.5, 0.6) is 5.75 Å². The third kappa shape index (κ3) is 4.63. The number of carbonyl (C=O) groups excluding carboxylic acids is 3. The van der Waals surface area contributed by atoms with Gasteiger partial charge in [-0.05, 0) is 57.2 Å². The Morgan fingerprint density at radius 1 is 1.24 bits per heavy atom. The number of H-pyrrole nitrogens is 1. The van der Waals surface area contributed by atoms with Gasteiger partial charge in [0.05, 0.1) is 13.2 Å². The lowest BCUT2D eigenvalue weighted by atomic mass is 9.85. The van der Waals surface area contributed by atoms with Crippen molar-refractivity contribution in [3.63, 3.8) is 0 Å². The molecule has 2 amide bonds. The average Bonchev–Trinajstić information content (AvgIpc) is 3.11. The molecule has 1 unspecified atom stereocenters. The fourth-order valence-electron chi connectivity index (χ4n) is 5.10. The molecule has 1 aromatic heterocycles. The summed E-state index contributed by atoms with van der Waals surface area (Å²) in [6, 6.07) is 4.33. The van der Waals surface area contributed by atoms with Gasteiger partial charge in [0.1, 0.15) is 23.4 Å². The molecule has 1 saturated heterocycles. The fourth-order valence-corrected chi connectivity index (χ4v) is 5.10. The average molecular weight is 470 g/mol. The maximum atomic E-state index is 13.6. The number of ether oxygens (including phenoxy) is 2. The maximum absolute atomic E-state index is 13.6. The summed E-state index contributed by atoms with van der Waals surface area (Å²) in [5, 5.41) is 3.93. The lowest BCUT2D eigenvalue weighted by molar-refractivity contribution is -0.157. The lowest BCUT2D eigenvalue weighted by Gasteiger charge is -2.46. The van der Waals surface area contributed by atoms with Gasteiger partial charge in [0.25, 0.3) is 0 Å². The van der Waals surface area contributed by atoms with E-state index in [2.05, 4.69) is 24.1 Å². The van der Waals surface area contributed by atoms with E-state index in [4.69, 9.17) is 9.47 Å². The van der Waals surface area contributed by atoms with Crippen LogP contribution in [0.1, 0.15) is 71.2 Å². The second-order valence-electron chi connectivity index (χ2n) is 10.7. The highest BCUT2D eigenvalue weighted by Crippen LogP contribution is 2.42. The molecule has 2 aromatic rings. The number of methoxy groups -OCH3 is 1. The molecule has 0 saturated carbocycles. The summed E-state index contributed by atoms with van der Waals surface area (Å²) >= 11 is 0. The molecule has 0 aliphatic carbocycles. The number of nitrogens with zero attached hydrogens (tertiary/aromatic N) is 1. The Balaban J connectivity index is 1.65. The number of rotatable bonds is 6. The van der Waals surface area contributed by atoms with Crippen molar-refractivity contribution in [2.24, 2.45) is 5.92 Å². The Hall–Kier alpha value is -3.03. The van der Waals surface area contributed by atoms with Crippen LogP contribution < -0.4 is 10.1 Å². The zero-order valence-electron chi connectivity index (χ0n) is 20.9. The van der Waals surface area contributed by atoms with Gasteiger partial charge in [-0.3, -0.25) is 14.4 Å². The highest BCUT2D eigenvalue weighted by molar-refractivity contribution is 5.99. The number of aromatic nitrogens is 1. The van der Waals surface area contributed by atoms with Crippen molar-refractivity contribution in [1.29, 1.82) is 0 Å². The number of piperazine rings is 1. The second-order valence-corrected chi connectivity index (χ2v) is 10.7. The molecule has 1 aromatic carbocycles. The predicted molar refractivity (Wildman–Crippen MR) is 128 cm³/mol. The highest BCUT2D eigenvalue weighted by Gasteiger charge is 2.48. The van der Waals surface area contributed by atoms with E-state index in [-0.39, 0.29) is 36.7 Å². The van der Waals surface area contributed by atoms with Crippen LogP contribution in [0.4, 0.5) is 0 Å². The number of carbonyl (C=O) groups is 3. The highest BCUT2D eigenvalue weighted by atomic mass is 16.6. The zero-order valence-corrected chi connectivity index (χ0v) is 20.9. The van der Waals surface area contributed by atoms with Gasteiger partial charge in [-0.2, -0.15) is 0 Å². The van der Waals surface area contributed by atoms with E-state index in [9.17, 15) is 14.4 Å². The van der Waals surface area contributed by atoms with Crippen LogP contribution in [-0.4, -0.2) is 52.5 Å². The van der Waals surface area contributed by atoms with Crippen molar-refractivity contribution in [2.45, 2.75) is 84.0 Å². The minimum absolute atomic E-state index is 0.0682. The monoisotopic (exact) mass is 469 g/mol. The Morgan fingerprint density at radius 3 is 2.62 bits per heavy atom. The first kappa shape index (κ1) is 24.1. The molecular weight excluding hydrogens is 434 g/mol. The van der Waals surface area contributed by atoms with Crippen molar-refractivity contribution in [2.75, 3.05) is 7.11 Å². The van der Waals surface area contributed by atoms with E-state index >= 15 is 0 Å². The molecule has 0 radical (unpaired) electrons. The Kier molecular flexibility index (Phi) is 6.36. The normalized spacial score (nSPS) is 22.4. The topological polar surface area (TPSA) is 101 Å². The molecule has 8 nitrogen and oxygen atoms in total. The minimum atomic E-state index is -0.739. The lowest BCUT2D eigenvalue weighted by Crippen LogP contribution is -2.66. The van der Waals surface area contributed by atoms with Crippen molar-refractivity contribution < 1.29 is 23.9 Å². The summed E-state index contributed by atoms with van der Waals surface area (Å²) < 4.78 is 10.8. The number of amides is 2. The molecule has 3 heterocycles. The first-order chi connectivity index (χ1) is 16.0. The quantitative estimate of drug-likeness (QED) is 0.629. The van der Waals surface area contributed by atoms with E-state index in [1.807, 2.05) is 18.2 Å². The number of esters is 1. The molecule has 4 rings (SSSR count). The summed E-state index contributed by atoms with van der Waals surface area (Å²) in [5.74, 6) is 0.383. The molecule has 8 heteroatoms. The van der Waals surface area contributed by atoms with Gasteiger partial charge in [0.15, 0.2) is 0 Å². The number of hydrogen-bond acceptors (Lipinski definition) is 5. The Labute approximate surface area is 200 Å². The second kappa shape index (κ2) is 8.96. The van der Waals surface area contributed by atoms with Gasteiger partial charge in [0.2, 0.25) is 11.8 Å². The van der Waals surface area contributed by atoms with Gasteiger partial charge < -0.3 is 24.7 Å². The summed E-state index contributed by atoms with van der Waals surface area (Å²) in [7, 11) is 1.63. The molecule has 1 fully saturated rings. The first-order valence-electron chi connectivity index (χ1n) is 12.0. The molecule has 3 atom stereocenters. The predicted octanol–water partition coefficient (Wildman–Crippen LogP) is 3.64. The van der Waals surface area contributed by atoms with Gasteiger partial charge in [-0.25, -0.2) is 0 Å². The largest absolute Gasteiger partial charge is 0.497 e. The van der Waals surface area contributed by atoms with Gasteiger partial charge >= 0.3 is 5.97 Å². The zero-order chi connectivity index (χ0) is 24.8. The summed E-state index contributed by atoms with van der Waals surface area (Å²) in [5.41, 5.74) is 2.42. The van der Waals surface area contributed by atoms with Crippen LogP contribution in [0.25, 0.3) is 10.9 Å². The standard InChI is InChI=1S/C26H35N3O5/c1-14(2)11-20-23-17(16-8-7-15(33-6)12-19(16)27-23)13-21-24(31)28-18(25(32)29(20)21)9-10-22(30)34-26(3,4)5/h7-8,12,14,18,20-21,27H,9-11,13H2,1-6H3,(H,28,31)/t18?,20-,21-/m0/s1. The van der Waals surface area contributed by atoms with Crippen molar-refractivity contribution in [1.82, 2.24) is 15.2 Å². The van der Waals surface area contributed by atoms with E-state index in [1.54, 1.807) is 32.8 Å². The number of benzene rings is 1. The molecule has 2 aliphatic rings. The molecular formula is C26H35N3O5. The van der Waals surface area contributed by atoms with E-state index in [0.717, 1.165) is 34.3 Å². The van der Waals surface area contributed by atoms with Crippen LogP contribution in [0.3, 0.4) is 0 Å². The number of nitrogens with one attached hydrogen (secondary N) is 2. The summed E-state index contributed by atoms with van der Waals surface area (Å²) in [6.07, 6.45) is 1.46. The first-order valence-corrected chi connectivity index (χ1v) is 12.0. The Bertz CT molecular complexity index is 1110. The third-order valence-corrected chi connectivity index (χ3v) is 6.47. The van der Waals surface area contributed by atoms with Crippen LogP contribution in [-0.2, 0) is 25.5 Å². The Morgan fingerprint density at radius 2 is 1.97 bits per heavy atom. The van der Waals surface area contributed by atoms with Crippen molar-refractivity contribution in [3.05, 3.63) is 29.5 Å². The molecule has 2 aliphatic heterocycles. The minimum Gasteiger partial charge on any atom is -0.497 e. The van der Waals surface area contributed by atoms with Gasteiger partial charge in [-0.1, -0.05) is 13.8 Å². The van der Waals surface area contributed by atoms with E-state index in [1.165, 1.54) is 0 Å². The van der Waals surface area contributed by atoms with E-state index < -0.39 is 17.7 Å². The number of aromatic amines is 1. The molecule has 184 valence electrons. The fraction of sp³-hybridized carbons (Fsp3) is 0.577. The van der Waals surface area contributed by atoms with Crippen LogP contribution in [0.15, 0.2) is 18.2 Å². The molecule has 0 bridgehead atoms. The van der Waals surface area contributed by atoms with Crippen LogP contribution >= 0.6 is 0 Å². The van der Waals surface area contributed by atoms with Crippen molar-refractivity contribution in [3.8, 4) is 5.75 Å². The molecule has 34 heavy (non-hydrogen) atoms. The SMILES string of the molecule is COc1ccc2c3c([nH]c2c1)[C@H](CC(C)C)N1C(=O)C(CCC(=O)OC(C)(C)C)NC(=O)[C@@H]1C3.